The molecule has 0 saturated carbocycles. The molecule has 2 saturated heterocycles. The third-order valence-electron chi connectivity index (χ3n) is 5.45. The third kappa shape index (κ3) is 3.14. The Bertz CT molecular complexity index is 445. The lowest BCUT2D eigenvalue weighted by atomic mass is 9.90. The minimum Gasteiger partial charge on any atom is -0.298 e. The van der Waals surface area contributed by atoms with Gasteiger partial charge in [-0.15, -0.1) is 0 Å². The summed E-state index contributed by atoms with van der Waals surface area (Å²) in [6.45, 7) is 10.9. The summed E-state index contributed by atoms with van der Waals surface area (Å²) in [6.07, 6.45) is 8.08. The summed E-state index contributed by atoms with van der Waals surface area (Å²) < 4.78 is 0. The highest BCUT2D eigenvalue weighted by Gasteiger charge is 2.38. The van der Waals surface area contributed by atoms with Crippen LogP contribution < -0.4 is 0 Å². The quantitative estimate of drug-likeness (QED) is 0.850. The molecule has 2 aliphatic heterocycles. The first kappa shape index (κ1) is 15.0. The Balaban J connectivity index is 1.80. The van der Waals surface area contributed by atoms with Crippen LogP contribution in [0.3, 0.4) is 0 Å². The molecule has 0 radical (unpaired) electrons. The predicted octanol–water partition coefficient (Wildman–Crippen LogP) is 3.34. The van der Waals surface area contributed by atoms with E-state index < -0.39 is 0 Å². The van der Waals surface area contributed by atoms with E-state index in [0.717, 1.165) is 6.04 Å². The van der Waals surface area contributed by atoms with Crippen molar-refractivity contribution in [2.45, 2.75) is 58.2 Å². The van der Waals surface area contributed by atoms with Crippen LogP contribution in [-0.4, -0.2) is 46.5 Å². The molecule has 0 aliphatic carbocycles. The van der Waals surface area contributed by atoms with Gasteiger partial charge in [0.15, 0.2) is 0 Å². The molecule has 2 aliphatic rings. The van der Waals surface area contributed by atoms with Crippen LogP contribution in [0.4, 0.5) is 0 Å². The van der Waals surface area contributed by atoms with E-state index in [9.17, 15) is 0 Å². The van der Waals surface area contributed by atoms with Gasteiger partial charge < -0.3 is 0 Å². The summed E-state index contributed by atoms with van der Waals surface area (Å²) >= 11 is 0. The molecule has 116 valence electrons. The van der Waals surface area contributed by atoms with Gasteiger partial charge in [0.1, 0.15) is 0 Å². The monoisotopic (exact) mass is 287 g/mol. The first-order chi connectivity index (χ1) is 10.2. The highest BCUT2D eigenvalue weighted by molar-refractivity contribution is 5.14. The molecular formula is C18H29N3. The van der Waals surface area contributed by atoms with E-state index in [-0.39, 0.29) is 0 Å². The van der Waals surface area contributed by atoms with Gasteiger partial charge in [-0.1, -0.05) is 26.3 Å². The molecule has 3 heteroatoms. The van der Waals surface area contributed by atoms with Crippen molar-refractivity contribution in [2.24, 2.45) is 5.92 Å². The zero-order chi connectivity index (χ0) is 14.8. The molecule has 1 aromatic rings. The van der Waals surface area contributed by atoms with Gasteiger partial charge in [-0.3, -0.25) is 14.8 Å². The lowest BCUT2D eigenvalue weighted by Crippen LogP contribution is -2.61. The highest BCUT2D eigenvalue weighted by Crippen LogP contribution is 2.32. The Morgan fingerprint density at radius 1 is 1.19 bits per heavy atom. The third-order valence-corrected chi connectivity index (χ3v) is 5.45. The minimum absolute atomic E-state index is 0.468. The topological polar surface area (TPSA) is 19.4 Å². The molecule has 3 rings (SSSR count). The number of hydrogen-bond acceptors (Lipinski definition) is 3. The largest absolute Gasteiger partial charge is 0.298 e. The first-order valence-electron chi connectivity index (χ1n) is 8.56. The van der Waals surface area contributed by atoms with Crippen LogP contribution in [0.5, 0.6) is 0 Å². The van der Waals surface area contributed by atoms with Gasteiger partial charge >= 0.3 is 0 Å². The number of piperazine rings is 1. The number of piperidine rings is 1. The van der Waals surface area contributed by atoms with Crippen molar-refractivity contribution in [1.29, 1.82) is 0 Å². The van der Waals surface area contributed by atoms with Crippen molar-refractivity contribution >= 4 is 0 Å². The lowest BCUT2D eigenvalue weighted by molar-refractivity contribution is -0.0272. The van der Waals surface area contributed by atoms with E-state index >= 15 is 0 Å². The molecule has 2 fully saturated rings. The maximum Gasteiger partial charge on any atom is 0.0339 e. The summed E-state index contributed by atoms with van der Waals surface area (Å²) in [5.74, 6) is 0.701. The second-order valence-electron chi connectivity index (χ2n) is 7.12. The molecule has 0 amide bonds. The normalized spacial score (nSPS) is 29.3. The molecular weight excluding hydrogens is 258 g/mol. The fourth-order valence-corrected chi connectivity index (χ4v) is 4.08. The van der Waals surface area contributed by atoms with Crippen molar-refractivity contribution in [2.75, 3.05) is 19.6 Å². The zero-order valence-electron chi connectivity index (χ0n) is 13.7. The van der Waals surface area contributed by atoms with Crippen LogP contribution in [-0.2, 0) is 0 Å². The van der Waals surface area contributed by atoms with Crippen LogP contribution in [0, 0.1) is 5.92 Å². The average Bonchev–Trinajstić information content (AvgIpc) is 2.53. The molecule has 3 unspecified atom stereocenters. The second-order valence-corrected chi connectivity index (χ2v) is 7.12. The number of pyridine rings is 1. The van der Waals surface area contributed by atoms with Crippen LogP contribution in [0.15, 0.2) is 24.5 Å². The first-order valence-corrected chi connectivity index (χ1v) is 8.56. The molecule has 21 heavy (non-hydrogen) atoms. The maximum absolute atomic E-state index is 4.31. The van der Waals surface area contributed by atoms with Gasteiger partial charge in [0.2, 0.25) is 0 Å². The Kier molecular flexibility index (Phi) is 4.60. The van der Waals surface area contributed by atoms with Gasteiger partial charge in [-0.2, -0.15) is 0 Å². The van der Waals surface area contributed by atoms with E-state index in [1.165, 1.54) is 44.5 Å². The van der Waals surface area contributed by atoms with Crippen molar-refractivity contribution in [1.82, 2.24) is 14.8 Å². The lowest BCUT2D eigenvalue weighted by Gasteiger charge is -2.51. The van der Waals surface area contributed by atoms with E-state index in [0.29, 0.717) is 18.0 Å². The van der Waals surface area contributed by atoms with Crippen LogP contribution in [0.25, 0.3) is 0 Å². The summed E-state index contributed by atoms with van der Waals surface area (Å²) in [6, 6.07) is 6.19. The molecule has 0 aromatic carbocycles. The molecule has 1 aromatic heterocycles. The zero-order valence-corrected chi connectivity index (χ0v) is 13.7. The number of rotatable bonds is 3. The predicted molar refractivity (Wildman–Crippen MR) is 87.2 cm³/mol. The van der Waals surface area contributed by atoms with E-state index in [1.807, 2.05) is 12.4 Å². The Morgan fingerprint density at radius 3 is 2.76 bits per heavy atom. The van der Waals surface area contributed by atoms with Crippen molar-refractivity contribution < 1.29 is 0 Å². The molecule has 0 bridgehead atoms. The summed E-state index contributed by atoms with van der Waals surface area (Å²) in [5.41, 5.74) is 1.35. The molecule has 0 spiro atoms. The van der Waals surface area contributed by atoms with Crippen LogP contribution >= 0.6 is 0 Å². The van der Waals surface area contributed by atoms with Gasteiger partial charge in [0.05, 0.1) is 0 Å². The Morgan fingerprint density at radius 2 is 2.05 bits per heavy atom. The highest BCUT2D eigenvalue weighted by atomic mass is 15.3. The van der Waals surface area contributed by atoms with Crippen LogP contribution in [0.2, 0.25) is 0 Å². The van der Waals surface area contributed by atoms with E-state index in [4.69, 9.17) is 0 Å². The van der Waals surface area contributed by atoms with Crippen molar-refractivity contribution in [3.8, 4) is 0 Å². The van der Waals surface area contributed by atoms with Crippen molar-refractivity contribution in [3.05, 3.63) is 30.1 Å². The fourth-order valence-electron chi connectivity index (χ4n) is 4.08. The minimum atomic E-state index is 0.468. The van der Waals surface area contributed by atoms with Gasteiger partial charge in [-0.25, -0.2) is 0 Å². The van der Waals surface area contributed by atoms with Gasteiger partial charge in [0, 0.05) is 43.6 Å². The van der Waals surface area contributed by atoms with Gasteiger partial charge in [-0.05, 0) is 43.9 Å². The second kappa shape index (κ2) is 6.45. The number of fused-ring (bicyclic) bond motifs is 1. The number of aromatic nitrogens is 1. The Labute approximate surface area is 129 Å². The molecule has 0 N–H and O–H groups in total. The molecule has 3 nitrogen and oxygen atoms in total. The maximum atomic E-state index is 4.31. The van der Waals surface area contributed by atoms with E-state index in [2.05, 4.69) is 47.7 Å². The molecule has 3 atom stereocenters. The summed E-state index contributed by atoms with van der Waals surface area (Å²) in [7, 11) is 0. The standard InChI is InChI=1S/C18H29N3/c1-14(2)18-13-20-10-5-4-8-17(20)12-21(18)15(3)16-7-6-9-19-11-16/h6-7,9,11,14-15,17-18H,4-5,8,10,12-13H2,1-3H3. The van der Waals surface area contributed by atoms with Gasteiger partial charge in [0.25, 0.3) is 0 Å². The van der Waals surface area contributed by atoms with Crippen LogP contribution in [0.1, 0.15) is 51.6 Å². The summed E-state index contributed by atoms with van der Waals surface area (Å²) in [5, 5.41) is 0. The van der Waals surface area contributed by atoms with Crippen molar-refractivity contribution in [3.63, 3.8) is 0 Å². The fraction of sp³-hybridized carbons (Fsp3) is 0.722. The average molecular weight is 287 g/mol. The van der Waals surface area contributed by atoms with E-state index in [1.54, 1.807) is 0 Å². The number of nitrogens with zero attached hydrogens (tertiary/aromatic N) is 3. The Hall–Kier alpha value is -0.930. The summed E-state index contributed by atoms with van der Waals surface area (Å²) in [4.78, 5) is 9.81. The SMILES string of the molecule is CC(C)C1CN2CCCCC2CN1C(C)c1cccnc1. The smallest absolute Gasteiger partial charge is 0.0339 e. The molecule has 3 heterocycles. The number of hydrogen-bond donors (Lipinski definition) is 0.